The number of carbonyl (C=O) groups excluding carboxylic acids is 2. The maximum absolute atomic E-state index is 11.5. The minimum Gasteiger partial charge on any atom is -0.358 e. The number of nitrogens with two attached hydrogens (primary N) is 1. The molecule has 16 heavy (non-hydrogen) atoms. The molecule has 0 radical (unpaired) electrons. The molecular weight excluding hydrogens is 206 g/mol. The monoisotopic (exact) mass is 229 g/mol. The van der Waals surface area contributed by atoms with Crippen molar-refractivity contribution in [2.75, 3.05) is 13.6 Å². The average Bonchev–Trinajstić information content (AvgIpc) is 2.24. The highest BCUT2D eigenvalue weighted by Gasteiger charge is 2.13. The summed E-state index contributed by atoms with van der Waals surface area (Å²) in [7, 11) is 1.54. The number of rotatable bonds is 7. The molecule has 94 valence electrons. The molecule has 2 amide bonds. The maximum Gasteiger partial charge on any atom is 0.239 e. The largest absolute Gasteiger partial charge is 0.358 e. The zero-order valence-corrected chi connectivity index (χ0v) is 10.4. The smallest absolute Gasteiger partial charge is 0.239 e. The summed E-state index contributed by atoms with van der Waals surface area (Å²) in [5.74, 6) is -0.326. The van der Waals surface area contributed by atoms with Crippen LogP contribution in [0.2, 0.25) is 0 Å². The summed E-state index contributed by atoms with van der Waals surface area (Å²) >= 11 is 0. The molecule has 0 spiro atoms. The number of carbonyl (C=O) groups is 2. The van der Waals surface area contributed by atoms with Gasteiger partial charge in [-0.05, 0) is 19.8 Å². The van der Waals surface area contributed by atoms with Crippen LogP contribution in [0.15, 0.2) is 0 Å². The van der Waals surface area contributed by atoms with Crippen LogP contribution < -0.4 is 16.4 Å². The van der Waals surface area contributed by atoms with Crippen LogP contribution in [0, 0.1) is 5.92 Å². The highest BCUT2D eigenvalue weighted by Crippen LogP contribution is 2.08. The molecule has 0 rings (SSSR count). The van der Waals surface area contributed by atoms with Gasteiger partial charge in [0.05, 0.1) is 6.54 Å². The summed E-state index contributed by atoms with van der Waals surface area (Å²) in [4.78, 5) is 22.4. The van der Waals surface area contributed by atoms with Gasteiger partial charge in [0.2, 0.25) is 11.8 Å². The van der Waals surface area contributed by atoms with Gasteiger partial charge in [0.1, 0.15) is 0 Å². The second kappa shape index (κ2) is 8.10. The minimum absolute atomic E-state index is 0.0486. The Balaban J connectivity index is 3.69. The first-order chi connectivity index (χ1) is 7.47. The van der Waals surface area contributed by atoms with E-state index in [-0.39, 0.29) is 30.3 Å². The van der Waals surface area contributed by atoms with E-state index in [0.717, 1.165) is 19.3 Å². The van der Waals surface area contributed by atoms with Gasteiger partial charge in [-0.3, -0.25) is 9.59 Å². The quantitative estimate of drug-likeness (QED) is 0.574. The van der Waals surface area contributed by atoms with Gasteiger partial charge in [-0.1, -0.05) is 13.3 Å². The number of hydrogen-bond acceptors (Lipinski definition) is 3. The molecule has 0 aliphatic heterocycles. The molecule has 5 heteroatoms. The Morgan fingerprint density at radius 1 is 1.25 bits per heavy atom. The molecule has 0 fully saturated rings. The van der Waals surface area contributed by atoms with Gasteiger partial charge in [0.15, 0.2) is 0 Å². The van der Waals surface area contributed by atoms with Crippen molar-refractivity contribution in [3.8, 4) is 0 Å². The number of likely N-dealkylation sites (N-methyl/N-ethyl adjacent to an activating group) is 1. The summed E-state index contributed by atoms with van der Waals surface area (Å²) in [6, 6.07) is 0.182. The molecule has 0 saturated carbocycles. The van der Waals surface area contributed by atoms with E-state index >= 15 is 0 Å². The van der Waals surface area contributed by atoms with Crippen molar-refractivity contribution in [3.05, 3.63) is 0 Å². The molecule has 0 aromatic rings. The molecule has 2 unspecified atom stereocenters. The van der Waals surface area contributed by atoms with Gasteiger partial charge >= 0.3 is 0 Å². The lowest BCUT2D eigenvalue weighted by Crippen LogP contribution is -2.37. The standard InChI is InChI=1S/C11H23N3O2/c1-8(5-4-6-9(2)12)11(16)14-7-10(15)13-3/h8-9H,4-7,12H2,1-3H3,(H,13,15)(H,14,16). The van der Waals surface area contributed by atoms with E-state index in [4.69, 9.17) is 5.73 Å². The average molecular weight is 229 g/mol. The summed E-state index contributed by atoms with van der Waals surface area (Å²) in [6.45, 7) is 3.86. The van der Waals surface area contributed by atoms with Crippen molar-refractivity contribution in [2.24, 2.45) is 11.7 Å². The highest BCUT2D eigenvalue weighted by atomic mass is 16.2. The molecule has 0 aliphatic carbocycles. The number of hydrogen-bond donors (Lipinski definition) is 3. The van der Waals surface area contributed by atoms with E-state index < -0.39 is 0 Å². The number of nitrogens with one attached hydrogen (secondary N) is 2. The van der Waals surface area contributed by atoms with E-state index in [1.54, 1.807) is 7.05 Å². The van der Waals surface area contributed by atoms with Gasteiger partial charge in [0, 0.05) is 19.0 Å². The summed E-state index contributed by atoms with van der Waals surface area (Å²) in [5, 5.41) is 5.04. The third-order valence-corrected chi connectivity index (χ3v) is 2.45. The van der Waals surface area contributed by atoms with Crippen molar-refractivity contribution < 1.29 is 9.59 Å². The second-order valence-electron chi connectivity index (χ2n) is 4.20. The van der Waals surface area contributed by atoms with E-state index in [1.165, 1.54) is 0 Å². The third-order valence-electron chi connectivity index (χ3n) is 2.45. The zero-order chi connectivity index (χ0) is 12.6. The Kier molecular flexibility index (Phi) is 7.54. The van der Waals surface area contributed by atoms with Gasteiger partial charge < -0.3 is 16.4 Å². The predicted octanol–water partition coefficient (Wildman–Crippen LogP) is 0.00220. The van der Waals surface area contributed by atoms with Crippen molar-refractivity contribution in [1.82, 2.24) is 10.6 Å². The van der Waals surface area contributed by atoms with E-state index in [0.29, 0.717) is 0 Å². The Morgan fingerprint density at radius 2 is 1.88 bits per heavy atom. The zero-order valence-electron chi connectivity index (χ0n) is 10.4. The predicted molar refractivity (Wildman–Crippen MR) is 63.7 cm³/mol. The van der Waals surface area contributed by atoms with Crippen LogP contribution in [0.4, 0.5) is 0 Å². The van der Waals surface area contributed by atoms with Gasteiger partial charge in [-0.25, -0.2) is 0 Å². The fraction of sp³-hybridized carbons (Fsp3) is 0.818. The summed E-state index contributed by atoms with van der Waals surface area (Å²) < 4.78 is 0. The molecule has 2 atom stereocenters. The van der Waals surface area contributed by atoms with E-state index in [2.05, 4.69) is 10.6 Å². The fourth-order valence-corrected chi connectivity index (χ4v) is 1.31. The molecular formula is C11H23N3O2. The molecule has 4 N–H and O–H groups in total. The molecule has 0 saturated heterocycles. The van der Waals surface area contributed by atoms with Crippen molar-refractivity contribution in [2.45, 2.75) is 39.2 Å². The first-order valence-electron chi connectivity index (χ1n) is 5.71. The van der Waals surface area contributed by atoms with Crippen molar-refractivity contribution in [1.29, 1.82) is 0 Å². The van der Waals surface area contributed by atoms with E-state index in [9.17, 15) is 9.59 Å². The van der Waals surface area contributed by atoms with Gasteiger partial charge in [-0.15, -0.1) is 0 Å². The van der Waals surface area contributed by atoms with Crippen LogP contribution in [0.25, 0.3) is 0 Å². The SMILES string of the molecule is CNC(=O)CNC(=O)C(C)CCCC(C)N. The summed E-state index contributed by atoms with van der Waals surface area (Å²) in [5.41, 5.74) is 5.62. The van der Waals surface area contributed by atoms with Gasteiger partial charge in [0.25, 0.3) is 0 Å². The lowest BCUT2D eigenvalue weighted by atomic mass is 10.0. The Hall–Kier alpha value is -1.10. The van der Waals surface area contributed by atoms with Crippen LogP contribution in [-0.2, 0) is 9.59 Å². The lowest BCUT2D eigenvalue weighted by molar-refractivity contribution is -0.128. The molecule has 0 bridgehead atoms. The first kappa shape index (κ1) is 14.9. The Bertz CT molecular complexity index is 229. The second-order valence-corrected chi connectivity index (χ2v) is 4.20. The minimum atomic E-state index is -0.184. The van der Waals surface area contributed by atoms with Gasteiger partial charge in [-0.2, -0.15) is 0 Å². The van der Waals surface area contributed by atoms with Crippen molar-refractivity contribution >= 4 is 11.8 Å². The topological polar surface area (TPSA) is 84.2 Å². The Labute approximate surface area is 97.2 Å². The summed E-state index contributed by atoms with van der Waals surface area (Å²) in [6.07, 6.45) is 2.67. The normalized spacial score (nSPS) is 14.0. The molecule has 0 aliphatic rings. The molecule has 0 aromatic heterocycles. The van der Waals surface area contributed by atoms with E-state index in [1.807, 2.05) is 13.8 Å². The lowest BCUT2D eigenvalue weighted by Gasteiger charge is -2.12. The number of amides is 2. The maximum atomic E-state index is 11.5. The molecule has 5 nitrogen and oxygen atoms in total. The van der Waals surface area contributed by atoms with Crippen LogP contribution >= 0.6 is 0 Å². The van der Waals surface area contributed by atoms with Crippen LogP contribution in [-0.4, -0.2) is 31.4 Å². The first-order valence-corrected chi connectivity index (χ1v) is 5.71. The fourth-order valence-electron chi connectivity index (χ4n) is 1.31. The van der Waals surface area contributed by atoms with Crippen LogP contribution in [0.3, 0.4) is 0 Å². The molecule has 0 heterocycles. The van der Waals surface area contributed by atoms with Crippen molar-refractivity contribution in [3.63, 3.8) is 0 Å². The highest BCUT2D eigenvalue weighted by molar-refractivity contribution is 5.85. The third kappa shape index (κ3) is 7.23. The van der Waals surface area contributed by atoms with Crippen LogP contribution in [0.5, 0.6) is 0 Å². The Morgan fingerprint density at radius 3 is 2.38 bits per heavy atom. The van der Waals surface area contributed by atoms with Crippen LogP contribution in [0.1, 0.15) is 33.1 Å². The molecule has 0 aromatic carbocycles.